The second kappa shape index (κ2) is 8.29. The largest absolute Gasteiger partial charge is 0.480 e. The number of benzene rings is 1. The van der Waals surface area contributed by atoms with E-state index < -0.39 is 5.97 Å². The summed E-state index contributed by atoms with van der Waals surface area (Å²) >= 11 is 0. The molecule has 5 nitrogen and oxygen atoms in total. The van der Waals surface area contributed by atoms with E-state index in [4.69, 9.17) is 5.11 Å². The van der Waals surface area contributed by atoms with Gasteiger partial charge in [-0.2, -0.15) is 0 Å². The van der Waals surface area contributed by atoms with Crippen molar-refractivity contribution in [2.24, 2.45) is 0 Å². The zero-order valence-electron chi connectivity index (χ0n) is 13.0. The van der Waals surface area contributed by atoms with Crippen LogP contribution in [0.3, 0.4) is 0 Å². The molecule has 21 heavy (non-hydrogen) atoms. The van der Waals surface area contributed by atoms with Crippen molar-refractivity contribution in [3.05, 3.63) is 29.8 Å². The molecule has 0 aliphatic carbocycles. The predicted octanol–water partition coefficient (Wildman–Crippen LogP) is 3.13. The van der Waals surface area contributed by atoms with E-state index in [1.54, 1.807) is 17.0 Å². The minimum Gasteiger partial charge on any atom is -0.480 e. The molecule has 0 bridgehead atoms. The zero-order valence-corrected chi connectivity index (χ0v) is 13.0. The summed E-state index contributed by atoms with van der Waals surface area (Å²) in [5.41, 5.74) is 1.69. The van der Waals surface area contributed by atoms with Crippen LogP contribution in [-0.4, -0.2) is 41.6 Å². The van der Waals surface area contributed by atoms with Crippen LogP contribution in [-0.2, 0) is 4.79 Å². The molecule has 0 aromatic heterocycles. The highest BCUT2D eigenvalue weighted by atomic mass is 16.4. The number of aliphatic carboxylic acids is 1. The molecule has 1 N–H and O–H groups in total. The van der Waals surface area contributed by atoms with Gasteiger partial charge >= 0.3 is 12.0 Å². The summed E-state index contributed by atoms with van der Waals surface area (Å²) in [4.78, 5) is 26.8. The maximum Gasteiger partial charge on any atom is 0.325 e. The maximum absolute atomic E-state index is 12.6. The van der Waals surface area contributed by atoms with E-state index in [2.05, 4.69) is 0 Å². The van der Waals surface area contributed by atoms with Crippen molar-refractivity contribution in [1.82, 2.24) is 4.90 Å². The topological polar surface area (TPSA) is 60.9 Å². The van der Waals surface area contributed by atoms with Gasteiger partial charge in [-0.25, -0.2) is 4.79 Å². The van der Waals surface area contributed by atoms with Gasteiger partial charge in [-0.3, -0.25) is 9.69 Å². The molecule has 116 valence electrons. The van der Waals surface area contributed by atoms with Crippen LogP contribution in [0.5, 0.6) is 0 Å². The number of nitrogens with zero attached hydrogens (tertiary/aromatic N) is 2. The van der Waals surface area contributed by atoms with Crippen LogP contribution in [0, 0.1) is 6.92 Å². The Morgan fingerprint density at radius 2 is 1.57 bits per heavy atom. The average Bonchev–Trinajstić information content (AvgIpc) is 2.45. The fraction of sp³-hybridized carbons (Fsp3) is 0.500. The number of carbonyl (C=O) groups is 2. The Balaban J connectivity index is 3.02. The van der Waals surface area contributed by atoms with Crippen molar-refractivity contribution in [2.45, 2.75) is 33.6 Å². The van der Waals surface area contributed by atoms with Gasteiger partial charge in [0.1, 0.15) is 6.54 Å². The molecule has 0 aliphatic rings. The lowest BCUT2D eigenvalue weighted by Crippen LogP contribution is -2.46. The van der Waals surface area contributed by atoms with Gasteiger partial charge in [0.2, 0.25) is 0 Å². The molecular formula is C16H24N2O3. The summed E-state index contributed by atoms with van der Waals surface area (Å²) < 4.78 is 0. The van der Waals surface area contributed by atoms with Crippen molar-refractivity contribution < 1.29 is 14.7 Å². The molecule has 0 heterocycles. The van der Waals surface area contributed by atoms with E-state index in [0.29, 0.717) is 18.8 Å². The number of aryl methyl sites for hydroxylation is 1. The molecule has 1 rings (SSSR count). The highest BCUT2D eigenvalue weighted by Gasteiger charge is 2.23. The number of amides is 2. The zero-order chi connectivity index (χ0) is 15.8. The third-order valence-corrected chi connectivity index (χ3v) is 3.13. The third kappa shape index (κ3) is 5.10. The van der Waals surface area contributed by atoms with E-state index in [1.165, 1.54) is 4.90 Å². The second-order valence-corrected chi connectivity index (χ2v) is 5.09. The van der Waals surface area contributed by atoms with Crippen molar-refractivity contribution in [3.63, 3.8) is 0 Å². The quantitative estimate of drug-likeness (QED) is 0.840. The highest BCUT2D eigenvalue weighted by molar-refractivity contribution is 5.96. The van der Waals surface area contributed by atoms with Crippen LogP contribution in [0.15, 0.2) is 24.3 Å². The molecule has 5 heteroatoms. The van der Waals surface area contributed by atoms with Gasteiger partial charge in [0.05, 0.1) is 0 Å². The van der Waals surface area contributed by atoms with Gasteiger partial charge in [0, 0.05) is 18.8 Å². The van der Waals surface area contributed by atoms with E-state index in [1.807, 2.05) is 32.9 Å². The van der Waals surface area contributed by atoms with Crippen LogP contribution in [0.1, 0.15) is 32.3 Å². The Hall–Kier alpha value is -2.04. The van der Waals surface area contributed by atoms with E-state index in [9.17, 15) is 9.59 Å². The summed E-state index contributed by atoms with van der Waals surface area (Å²) in [6.07, 6.45) is 1.70. The van der Waals surface area contributed by atoms with Gasteiger partial charge < -0.3 is 10.0 Å². The normalized spacial score (nSPS) is 10.2. The molecule has 0 radical (unpaired) electrons. The molecule has 0 saturated carbocycles. The first-order valence-electron chi connectivity index (χ1n) is 7.34. The summed E-state index contributed by atoms with van der Waals surface area (Å²) in [6.45, 7) is 6.90. The van der Waals surface area contributed by atoms with Crippen LogP contribution in [0.25, 0.3) is 0 Å². The molecule has 0 unspecified atom stereocenters. The van der Waals surface area contributed by atoms with Gasteiger partial charge in [-0.05, 0) is 31.9 Å². The Bertz CT molecular complexity index is 465. The highest BCUT2D eigenvalue weighted by Crippen LogP contribution is 2.17. The number of urea groups is 1. The van der Waals surface area contributed by atoms with Gasteiger partial charge in [-0.1, -0.05) is 31.5 Å². The SMILES string of the molecule is CCCN(CCC)C(=O)N(CC(=O)O)c1ccc(C)cc1. The molecule has 2 amide bonds. The second-order valence-electron chi connectivity index (χ2n) is 5.09. The van der Waals surface area contributed by atoms with Crippen molar-refractivity contribution in [3.8, 4) is 0 Å². The lowest BCUT2D eigenvalue weighted by atomic mass is 10.2. The first-order chi connectivity index (χ1) is 9.99. The molecule has 0 atom stereocenters. The fourth-order valence-electron chi connectivity index (χ4n) is 2.14. The third-order valence-electron chi connectivity index (χ3n) is 3.13. The number of hydrogen-bond acceptors (Lipinski definition) is 2. The molecular weight excluding hydrogens is 268 g/mol. The number of carbonyl (C=O) groups excluding carboxylic acids is 1. The molecule has 0 saturated heterocycles. The Labute approximate surface area is 126 Å². The van der Waals surface area contributed by atoms with E-state index >= 15 is 0 Å². The molecule has 0 fully saturated rings. The van der Waals surface area contributed by atoms with Gasteiger partial charge in [0.25, 0.3) is 0 Å². The Morgan fingerprint density at radius 3 is 2.00 bits per heavy atom. The molecule has 0 spiro atoms. The molecule has 1 aromatic carbocycles. The lowest BCUT2D eigenvalue weighted by Gasteiger charge is -2.29. The maximum atomic E-state index is 12.6. The molecule has 0 aliphatic heterocycles. The molecule has 1 aromatic rings. The van der Waals surface area contributed by atoms with Gasteiger partial charge in [-0.15, -0.1) is 0 Å². The summed E-state index contributed by atoms with van der Waals surface area (Å²) in [7, 11) is 0. The number of carboxylic acids is 1. The first-order valence-corrected chi connectivity index (χ1v) is 7.34. The number of rotatable bonds is 7. The monoisotopic (exact) mass is 292 g/mol. The number of anilines is 1. The van der Waals surface area contributed by atoms with E-state index in [0.717, 1.165) is 18.4 Å². The Kier molecular flexibility index (Phi) is 6.72. The summed E-state index contributed by atoms with van der Waals surface area (Å²) in [5.74, 6) is -1.02. The minimum absolute atomic E-state index is 0.245. The van der Waals surface area contributed by atoms with Crippen LogP contribution in [0.4, 0.5) is 10.5 Å². The number of hydrogen-bond donors (Lipinski definition) is 1. The first kappa shape index (κ1) is 17.0. The van der Waals surface area contributed by atoms with Crippen LogP contribution >= 0.6 is 0 Å². The van der Waals surface area contributed by atoms with Crippen molar-refractivity contribution >= 4 is 17.7 Å². The predicted molar refractivity (Wildman–Crippen MR) is 83.7 cm³/mol. The number of carboxylic acid groups (broad SMARTS) is 1. The minimum atomic E-state index is -1.02. The summed E-state index contributed by atoms with van der Waals surface area (Å²) in [5, 5.41) is 9.08. The fourth-order valence-corrected chi connectivity index (χ4v) is 2.14. The van der Waals surface area contributed by atoms with Crippen LogP contribution < -0.4 is 4.90 Å². The lowest BCUT2D eigenvalue weighted by molar-refractivity contribution is -0.135. The van der Waals surface area contributed by atoms with Gasteiger partial charge in [0.15, 0.2) is 0 Å². The van der Waals surface area contributed by atoms with Crippen LogP contribution in [0.2, 0.25) is 0 Å². The Morgan fingerprint density at radius 1 is 1.05 bits per heavy atom. The summed E-state index contributed by atoms with van der Waals surface area (Å²) in [6, 6.07) is 7.08. The van der Waals surface area contributed by atoms with E-state index in [-0.39, 0.29) is 12.6 Å². The standard InChI is InChI=1S/C16H24N2O3/c1-4-10-17(11-5-2)16(21)18(12-15(19)20)14-8-6-13(3)7-9-14/h6-9H,4-5,10-12H2,1-3H3,(H,19,20). The smallest absolute Gasteiger partial charge is 0.325 e. The van der Waals surface area contributed by atoms with Crippen molar-refractivity contribution in [2.75, 3.05) is 24.5 Å². The average molecular weight is 292 g/mol. The van der Waals surface area contributed by atoms with Crippen molar-refractivity contribution in [1.29, 1.82) is 0 Å².